The van der Waals surface area contributed by atoms with Gasteiger partial charge >= 0.3 is 5.97 Å². The highest BCUT2D eigenvalue weighted by Gasteiger charge is 2.44. The number of carboxylic acids is 1. The van der Waals surface area contributed by atoms with Gasteiger partial charge in [-0.15, -0.1) is 0 Å². The van der Waals surface area contributed by atoms with Gasteiger partial charge in [-0.05, 0) is 36.7 Å². The van der Waals surface area contributed by atoms with Gasteiger partial charge in [-0.3, -0.25) is 19.2 Å². The molecule has 279 valence electrons. The minimum absolute atomic E-state index is 0.0382. The second-order valence-corrected chi connectivity index (χ2v) is 15.3. The molecule has 1 fully saturated rings. The van der Waals surface area contributed by atoms with Crippen LogP contribution in [0.2, 0.25) is 0 Å². The number of hydrogen-bond acceptors (Lipinski definition) is 8. The molecular formula is C38H49N4O9Si. The number of likely N-dealkylation sites (N-methyl/N-ethyl adjacent to an activating group) is 1. The van der Waals surface area contributed by atoms with Crippen LogP contribution in [0.5, 0.6) is 17.2 Å². The van der Waals surface area contributed by atoms with Crippen molar-refractivity contribution in [2.45, 2.75) is 88.9 Å². The number of rotatable bonds is 8. The van der Waals surface area contributed by atoms with Gasteiger partial charge in [0.2, 0.25) is 24.5 Å². The molecule has 14 heteroatoms. The molecule has 3 radical (unpaired) electrons. The first-order valence-corrected chi connectivity index (χ1v) is 18.6. The highest BCUT2D eigenvalue weighted by molar-refractivity contribution is 6.29. The predicted molar refractivity (Wildman–Crippen MR) is 192 cm³/mol. The highest BCUT2D eigenvalue weighted by atomic mass is 28.1. The zero-order valence-electron chi connectivity index (χ0n) is 30.2. The average molecular weight is 734 g/mol. The van der Waals surface area contributed by atoms with E-state index in [0.29, 0.717) is 31.1 Å². The number of nitrogens with zero attached hydrogens (tertiary/aromatic N) is 2. The summed E-state index contributed by atoms with van der Waals surface area (Å²) in [6.07, 6.45) is 6.16. The van der Waals surface area contributed by atoms with Crippen LogP contribution in [0.4, 0.5) is 0 Å². The summed E-state index contributed by atoms with van der Waals surface area (Å²) in [6, 6.07) is 10.2. The van der Waals surface area contributed by atoms with Crippen molar-refractivity contribution in [2.24, 2.45) is 11.8 Å². The Labute approximate surface area is 308 Å². The van der Waals surface area contributed by atoms with Crippen LogP contribution in [0, 0.1) is 11.8 Å². The molecule has 3 aliphatic rings. The van der Waals surface area contributed by atoms with Gasteiger partial charge in [-0.2, -0.15) is 0 Å². The lowest BCUT2D eigenvalue weighted by atomic mass is 9.87. The topological polar surface area (TPSA) is 164 Å². The van der Waals surface area contributed by atoms with E-state index in [1.165, 1.54) is 35.4 Å². The van der Waals surface area contributed by atoms with E-state index >= 15 is 0 Å². The molecule has 13 nitrogen and oxygen atoms in total. The number of carbonyl (C=O) groups is 5. The SMILES string of the molecule is CC(C)C[C@]1([Si])C(=O)N(CCC2CCCCC2)CC(=O)N[C@H](Cc2ccccc2)COc2cc3c(cc2C(=O)N[C@H](C(=O)O)CC(=O)N1C)OCO3. The first-order chi connectivity index (χ1) is 24.8. The summed E-state index contributed by atoms with van der Waals surface area (Å²) in [5.41, 5.74) is 0.889. The van der Waals surface area contributed by atoms with Gasteiger partial charge in [0.05, 0.1) is 34.8 Å². The normalized spacial score (nSPS) is 23.8. The fraction of sp³-hybridized carbons (Fsp3) is 0.553. The van der Waals surface area contributed by atoms with Crippen molar-refractivity contribution in [2.75, 3.05) is 33.5 Å². The van der Waals surface area contributed by atoms with E-state index in [1.54, 1.807) is 0 Å². The molecule has 0 bridgehead atoms. The highest BCUT2D eigenvalue weighted by Crippen LogP contribution is 2.38. The van der Waals surface area contributed by atoms with Gasteiger partial charge in [0.1, 0.15) is 23.6 Å². The van der Waals surface area contributed by atoms with Gasteiger partial charge in [0, 0.05) is 25.7 Å². The van der Waals surface area contributed by atoms with Crippen molar-refractivity contribution >= 4 is 39.8 Å². The van der Waals surface area contributed by atoms with E-state index < -0.39 is 53.3 Å². The van der Waals surface area contributed by atoms with Crippen LogP contribution in [-0.2, 0) is 25.6 Å². The average Bonchev–Trinajstić information content (AvgIpc) is 3.58. The minimum Gasteiger partial charge on any atom is -0.490 e. The number of fused-ring (bicyclic) bond motifs is 2. The number of carboxylic acid groups (broad SMARTS) is 1. The lowest BCUT2D eigenvalue weighted by molar-refractivity contribution is -0.151. The van der Waals surface area contributed by atoms with Crippen LogP contribution in [0.15, 0.2) is 42.5 Å². The third kappa shape index (κ3) is 9.63. The van der Waals surface area contributed by atoms with Crippen molar-refractivity contribution in [3.8, 4) is 17.2 Å². The molecular weight excluding hydrogens is 685 g/mol. The summed E-state index contributed by atoms with van der Waals surface area (Å²) in [7, 11) is 5.14. The van der Waals surface area contributed by atoms with Gasteiger partial charge in [-0.1, -0.05) is 76.3 Å². The fourth-order valence-electron chi connectivity index (χ4n) is 7.15. The van der Waals surface area contributed by atoms with Crippen LogP contribution in [0.25, 0.3) is 0 Å². The number of ether oxygens (including phenoxy) is 3. The Morgan fingerprint density at radius 3 is 2.35 bits per heavy atom. The summed E-state index contributed by atoms with van der Waals surface area (Å²) in [5, 5.41) is 14.1. The largest absolute Gasteiger partial charge is 0.490 e. The molecule has 2 aromatic rings. The number of hydrogen-bond donors (Lipinski definition) is 3. The number of nitrogens with one attached hydrogen (secondary N) is 2. The first kappa shape index (κ1) is 38.6. The van der Waals surface area contributed by atoms with E-state index in [2.05, 4.69) is 20.9 Å². The fourth-order valence-corrected chi connectivity index (χ4v) is 7.85. The lowest BCUT2D eigenvalue weighted by Gasteiger charge is -2.42. The van der Waals surface area contributed by atoms with Gasteiger partial charge < -0.3 is 39.8 Å². The Hall–Kier alpha value is -4.59. The number of aliphatic carboxylic acids is 1. The molecule has 2 heterocycles. The van der Waals surface area contributed by atoms with Crippen LogP contribution in [-0.4, -0.2) is 106 Å². The maximum atomic E-state index is 14.7. The Bertz CT molecular complexity index is 1620. The van der Waals surface area contributed by atoms with E-state index in [1.807, 2.05) is 44.2 Å². The third-order valence-electron chi connectivity index (χ3n) is 9.99. The predicted octanol–water partition coefficient (Wildman–Crippen LogP) is 3.28. The Morgan fingerprint density at radius 2 is 1.67 bits per heavy atom. The van der Waals surface area contributed by atoms with E-state index in [4.69, 9.17) is 14.2 Å². The van der Waals surface area contributed by atoms with Crippen molar-refractivity contribution in [1.82, 2.24) is 20.4 Å². The van der Waals surface area contributed by atoms with Gasteiger partial charge in [0.15, 0.2) is 11.5 Å². The van der Waals surface area contributed by atoms with Crippen LogP contribution in [0.1, 0.15) is 81.1 Å². The molecule has 1 aliphatic carbocycles. The number of carbonyl (C=O) groups excluding carboxylic acids is 4. The molecule has 0 aromatic heterocycles. The Balaban J connectivity index is 1.54. The molecule has 3 atom stereocenters. The Morgan fingerprint density at radius 1 is 0.981 bits per heavy atom. The van der Waals surface area contributed by atoms with E-state index in [-0.39, 0.29) is 49.3 Å². The maximum absolute atomic E-state index is 14.7. The van der Waals surface area contributed by atoms with Crippen molar-refractivity contribution < 1.29 is 43.3 Å². The lowest BCUT2D eigenvalue weighted by Crippen LogP contribution is -2.63. The van der Waals surface area contributed by atoms with Crippen molar-refractivity contribution in [3.05, 3.63) is 53.6 Å². The summed E-state index contributed by atoms with van der Waals surface area (Å²) in [4.78, 5) is 71.5. The summed E-state index contributed by atoms with van der Waals surface area (Å²) in [6.45, 7) is 3.70. The molecule has 3 N–H and O–H groups in total. The Kier molecular flexibility index (Phi) is 12.8. The summed E-state index contributed by atoms with van der Waals surface area (Å²) >= 11 is 0. The number of benzene rings is 2. The monoisotopic (exact) mass is 733 g/mol. The second-order valence-electron chi connectivity index (χ2n) is 14.5. The first-order valence-electron chi connectivity index (χ1n) is 18.1. The van der Waals surface area contributed by atoms with Crippen LogP contribution < -0.4 is 24.8 Å². The van der Waals surface area contributed by atoms with E-state index in [9.17, 15) is 29.1 Å². The van der Waals surface area contributed by atoms with Gasteiger partial charge in [-0.25, -0.2) is 4.79 Å². The summed E-state index contributed by atoms with van der Waals surface area (Å²) in [5.74, 6) is -2.81. The standard InChI is InChI=1S/C38H49N4O9Si/c1-24(2)20-38(52)37(48)42(15-14-25-10-6-4-7-11-25)21-33(43)39-27(16-26-12-8-5-9-13-26)22-49-30-19-32-31(50-23-51-32)17-28(30)35(45)40-29(36(46)47)18-34(44)41(38)3/h5,8-9,12-13,17,19,24-25,27,29H,4,6-7,10-11,14-16,18,20-23H2,1-3H3,(H,39,43)(H,40,45)(H,46,47)/t27-,29+,38+/m1/s1. The smallest absolute Gasteiger partial charge is 0.326 e. The second kappa shape index (κ2) is 17.3. The molecule has 0 unspecified atom stereocenters. The molecule has 0 spiro atoms. The molecule has 2 aliphatic heterocycles. The zero-order valence-corrected chi connectivity index (χ0v) is 31.2. The maximum Gasteiger partial charge on any atom is 0.326 e. The van der Waals surface area contributed by atoms with Crippen LogP contribution in [0.3, 0.4) is 0 Å². The van der Waals surface area contributed by atoms with Crippen molar-refractivity contribution in [1.29, 1.82) is 0 Å². The van der Waals surface area contributed by atoms with E-state index in [0.717, 1.165) is 31.2 Å². The zero-order chi connectivity index (χ0) is 37.4. The molecule has 1 saturated carbocycles. The molecule has 52 heavy (non-hydrogen) atoms. The van der Waals surface area contributed by atoms with Crippen molar-refractivity contribution in [3.63, 3.8) is 0 Å². The summed E-state index contributed by atoms with van der Waals surface area (Å²) < 4.78 is 17.2. The molecule has 5 rings (SSSR count). The third-order valence-corrected chi connectivity index (χ3v) is 10.7. The molecule has 4 amide bonds. The quantitative estimate of drug-likeness (QED) is 0.346. The minimum atomic E-state index is -1.64. The van der Waals surface area contributed by atoms with Gasteiger partial charge in [0.25, 0.3) is 5.91 Å². The number of amides is 4. The van der Waals surface area contributed by atoms with Crippen LogP contribution >= 0.6 is 0 Å². The molecule has 0 saturated heterocycles. The molecule has 2 aromatic carbocycles.